The Bertz CT molecular complexity index is 625. The zero-order chi connectivity index (χ0) is 12.6. The lowest BCUT2D eigenvalue weighted by molar-refractivity contribution is 0.624. The van der Waals surface area contributed by atoms with Gasteiger partial charge in [-0.15, -0.1) is 0 Å². The second-order valence-corrected chi connectivity index (χ2v) is 4.79. The van der Waals surface area contributed by atoms with Gasteiger partial charge in [-0.2, -0.15) is 10.4 Å². The molecule has 0 saturated carbocycles. The van der Waals surface area contributed by atoms with Gasteiger partial charge >= 0.3 is 0 Å². The van der Waals surface area contributed by atoms with E-state index in [1.807, 2.05) is 19.9 Å². The Hall–Kier alpha value is -1.42. The van der Waals surface area contributed by atoms with Crippen molar-refractivity contribution in [3.63, 3.8) is 0 Å². The van der Waals surface area contributed by atoms with Gasteiger partial charge in [-0.3, -0.25) is 0 Å². The first-order chi connectivity index (χ1) is 8.02. The SMILES string of the molecule is Cc1nn(-c2cc(F)cc(C#N)c2)c(C)c1I. The molecule has 0 fully saturated rings. The first-order valence-corrected chi connectivity index (χ1v) is 6.03. The van der Waals surface area contributed by atoms with Crippen LogP contribution in [0.1, 0.15) is 17.0 Å². The van der Waals surface area contributed by atoms with E-state index >= 15 is 0 Å². The van der Waals surface area contributed by atoms with E-state index in [1.54, 1.807) is 10.7 Å². The van der Waals surface area contributed by atoms with Crippen molar-refractivity contribution in [2.45, 2.75) is 13.8 Å². The third-order valence-electron chi connectivity index (χ3n) is 2.46. The number of hydrogen-bond acceptors (Lipinski definition) is 2. The third-order valence-corrected chi connectivity index (χ3v) is 4.02. The van der Waals surface area contributed by atoms with Crippen LogP contribution in [0.25, 0.3) is 5.69 Å². The highest BCUT2D eigenvalue weighted by atomic mass is 127. The number of rotatable bonds is 1. The van der Waals surface area contributed by atoms with Crippen molar-refractivity contribution in [2.24, 2.45) is 0 Å². The van der Waals surface area contributed by atoms with Crippen LogP contribution in [0, 0.1) is 34.6 Å². The summed E-state index contributed by atoms with van der Waals surface area (Å²) in [5, 5.41) is 13.1. The van der Waals surface area contributed by atoms with Gasteiger partial charge < -0.3 is 0 Å². The van der Waals surface area contributed by atoms with Gasteiger partial charge in [-0.1, -0.05) is 0 Å². The summed E-state index contributed by atoms with van der Waals surface area (Å²) in [4.78, 5) is 0. The van der Waals surface area contributed by atoms with Crippen LogP contribution in [0.2, 0.25) is 0 Å². The number of hydrogen-bond donors (Lipinski definition) is 0. The topological polar surface area (TPSA) is 41.6 Å². The number of nitrogens with zero attached hydrogens (tertiary/aromatic N) is 3. The Labute approximate surface area is 112 Å². The van der Waals surface area contributed by atoms with E-state index in [0.29, 0.717) is 11.3 Å². The molecular weight excluding hydrogens is 332 g/mol. The van der Waals surface area contributed by atoms with Crippen LogP contribution in [0.3, 0.4) is 0 Å². The largest absolute Gasteiger partial charge is 0.237 e. The first kappa shape index (κ1) is 12.0. The zero-order valence-corrected chi connectivity index (χ0v) is 11.5. The summed E-state index contributed by atoms with van der Waals surface area (Å²) in [6, 6.07) is 6.14. The molecular formula is C12H9FIN3. The molecule has 0 N–H and O–H groups in total. The van der Waals surface area contributed by atoms with Gasteiger partial charge in [0, 0.05) is 0 Å². The van der Waals surface area contributed by atoms with E-state index in [-0.39, 0.29) is 0 Å². The predicted molar refractivity (Wildman–Crippen MR) is 70.4 cm³/mol. The molecule has 0 amide bonds. The molecule has 0 aliphatic carbocycles. The Morgan fingerprint density at radius 3 is 2.59 bits per heavy atom. The molecule has 0 radical (unpaired) electrons. The Morgan fingerprint density at radius 2 is 2.06 bits per heavy atom. The summed E-state index contributed by atoms with van der Waals surface area (Å²) in [5.41, 5.74) is 2.70. The van der Waals surface area contributed by atoms with Crippen LogP contribution in [0.5, 0.6) is 0 Å². The fourth-order valence-corrected chi connectivity index (χ4v) is 1.97. The lowest BCUT2D eigenvalue weighted by Gasteiger charge is -2.05. The zero-order valence-electron chi connectivity index (χ0n) is 9.33. The Morgan fingerprint density at radius 1 is 1.35 bits per heavy atom. The van der Waals surface area contributed by atoms with E-state index in [2.05, 4.69) is 27.7 Å². The molecule has 0 bridgehead atoms. The predicted octanol–water partition coefficient (Wildman–Crippen LogP) is 3.10. The molecule has 0 spiro atoms. The lowest BCUT2D eigenvalue weighted by atomic mass is 10.2. The summed E-state index contributed by atoms with van der Waals surface area (Å²) >= 11 is 2.20. The number of nitriles is 1. The summed E-state index contributed by atoms with van der Waals surface area (Å²) in [6.07, 6.45) is 0. The van der Waals surface area contributed by atoms with Crippen molar-refractivity contribution in [2.75, 3.05) is 0 Å². The smallest absolute Gasteiger partial charge is 0.126 e. The van der Waals surface area contributed by atoms with Crippen LogP contribution >= 0.6 is 22.6 Å². The number of halogens is 2. The summed E-state index contributed by atoms with van der Waals surface area (Å²) in [7, 11) is 0. The quantitative estimate of drug-likeness (QED) is 0.748. The van der Waals surface area contributed by atoms with Gasteiger partial charge in [0.2, 0.25) is 0 Å². The molecule has 2 aromatic rings. The minimum Gasteiger partial charge on any atom is -0.237 e. The molecule has 5 heteroatoms. The van der Waals surface area contributed by atoms with Gasteiger partial charge in [-0.25, -0.2) is 9.07 Å². The average molecular weight is 341 g/mol. The van der Waals surface area contributed by atoms with Crippen molar-refractivity contribution >= 4 is 22.6 Å². The Kier molecular flexibility index (Phi) is 3.15. The number of aryl methyl sites for hydroxylation is 1. The van der Waals surface area contributed by atoms with Crippen LogP contribution in [-0.2, 0) is 0 Å². The van der Waals surface area contributed by atoms with E-state index in [4.69, 9.17) is 5.26 Å². The van der Waals surface area contributed by atoms with Gasteiger partial charge in [0.1, 0.15) is 5.82 Å². The molecule has 86 valence electrons. The van der Waals surface area contributed by atoms with E-state index < -0.39 is 5.82 Å². The maximum absolute atomic E-state index is 13.3. The second-order valence-electron chi connectivity index (χ2n) is 3.71. The summed E-state index contributed by atoms with van der Waals surface area (Å²) in [6.45, 7) is 3.81. The van der Waals surface area contributed by atoms with E-state index in [9.17, 15) is 4.39 Å². The highest BCUT2D eigenvalue weighted by Crippen LogP contribution is 2.20. The maximum atomic E-state index is 13.3. The minimum atomic E-state index is -0.429. The molecule has 0 aliphatic heterocycles. The molecule has 1 aromatic heterocycles. The molecule has 1 aromatic carbocycles. The highest BCUT2D eigenvalue weighted by molar-refractivity contribution is 14.1. The standard InChI is InChI=1S/C12H9FIN3/c1-7-12(14)8(2)17(16-7)11-4-9(6-15)3-10(13)5-11/h3-5H,1-2H3. The van der Waals surface area contributed by atoms with Gasteiger partial charge in [0.25, 0.3) is 0 Å². The van der Waals surface area contributed by atoms with Gasteiger partial charge in [0.15, 0.2) is 0 Å². The summed E-state index contributed by atoms with van der Waals surface area (Å²) in [5.74, 6) is -0.429. The third kappa shape index (κ3) is 2.17. The molecule has 2 rings (SSSR count). The maximum Gasteiger partial charge on any atom is 0.126 e. The lowest BCUT2D eigenvalue weighted by Crippen LogP contribution is -2.00. The normalized spacial score (nSPS) is 10.3. The summed E-state index contributed by atoms with van der Waals surface area (Å²) < 4.78 is 16.0. The van der Waals surface area contributed by atoms with Crippen LogP contribution < -0.4 is 0 Å². The second kappa shape index (κ2) is 4.45. The Balaban J connectivity index is 2.65. The molecule has 1 heterocycles. The highest BCUT2D eigenvalue weighted by Gasteiger charge is 2.11. The van der Waals surface area contributed by atoms with Gasteiger partial charge in [0.05, 0.1) is 32.3 Å². The van der Waals surface area contributed by atoms with Crippen molar-refractivity contribution in [3.05, 3.63) is 44.5 Å². The molecule has 0 saturated heterocycles. The monoisotopic (exact) mass is 341 g/mol. The first-order valence-electron chi connectivity index (χ1n) is 4.95. The van der Waals surface area contributed by atoms with Crippen LogP contribution in [-0.4, -0.2) is 9.78 Å². The number of benzene rings is 1. The number of aromatic nitrogens is 2. The average Bonchev–Trinajstić information content (AvgIpc) is 2.56. The van der Waals surface area contributed by atoms with Crippen LogP contribution in [0.15, 0.2) is 18.2 Å². The van der Waals surface area contributed by atoms with Crippen molar-refractivity contribution < 1.29 is 4.39 Å². The van der Waals surface area contributed by atoms with E-state index in [1.165, 1.54) is 12.1 Å². The fraction of sp³-hybridized carbons (Fsp3) is 0.167. The van der Waals surface area contributed by atoms with Crippen molar-refractivity contribution in [3.8, 4) is 11.8 Å². The molecule has 0 aliphatic rings. The van der Waals surface area contributed by atoms with Gasteiger partial charge in [-0.05, 0) is 54.6 Å². The molecule has 0 unspecified atom stereocenters. The van der Waals surface area contributed by atoms with Crippen LogP contribution in [0.4, 0.5) is 4.39 Å². The van der Waals surface area contributed by atoms with E-state index in [0.717, 1.165) is 15.0 Å². The molecule has 0 atom stereocenters. The minimum absolute atomic E-state index is 0.294. The molecule has 17 heavy (non-hydrogen) atoms. The van der Waals surface area contributed by atoms with Crippen molar-refractivity contribution in [1.82, 2.24) is 9.78 Å². The molecule has 3 nitrogen and oxygen atoms in total. The van der Waals surface area contributed by atoms with Crippen molar-refractivity contribution in [1.29, 1.82) is 5.26 Å². The fourth-order valence-electron chi connectivity index (χ4n) is 1.64.